The zero-order valence-electron chi connectivity index (χ0n) is 33.4. The van der Waals surface area contributed by atoms with E-state index in [1.807, 2.05) is 62.6 Å². The van der Waals surface area contributed by atoms with E-state index in [2.05, 4.69) is 141 Å². The monoisotopic (exact) mass is 889 g/mol. The second-order valence-electron chi connectivity index (χ2n) is 15.2. The fourth-order valence-electron chi connectivity index (χ4n) is 6.81. The van der Waals surface area contributed by atoms with Crippen LogP contribution >= 0.6 is 0 Å². The van der Waals surface area contributed by atoms with Crippen molar-refractivity contribution >= 4 is 46.0 Å². The fourth-order valence-corrected chi connectivity index (χ4v) is 8.21. The van der Waals surface area contributed by atoms with Crippen molar-refractivity contribution in [3.05, 3.63) is 163 Å². The maximum absolute atomic E-state index is 8.55. The van der Waals surface area contributed by atoms with E-state index in [1.165, 1.54) is 21.9 Å². The van der Waals surface area contributed by atoms with Gasteiger partial charge in [0.1, 0.15) is 5.58 Å². The van der Waals surface area contributed by atoms with Gasteiger partial charge in [0.2, 0.25) is 0 Å². The molecule has 0 aliphatic heterocycles. The number of hydrogen-bond acceptors (Lipinski definition) is 3. The van der Waals surface area contributed by atoms with Gasteiger partial charge in [-0.25, -0.2) is 0 Å². The van der Waals surface area contributed by atoms with Crippen molar-refractivity contribution in [1.82, 2.24) is 9.97 Å². The molecule has 5 heteroatoms. The second-order valence-corrected chi connectivity index (χ2v) is 20.3. The molecule has 0 fully saturated rings. The van der Waals surface area contributed by atoms with Crippen LogP contribution < -0.4 is 5.19 Å². The standard InChI is InChI=1S/C30H22NO.C18H24NSi.Ir/c1-30(2,22-9-4-3-5-10-22)23-16-17-31-26(19-23)21-13-14-27-25(18-21)29-24-11-7-6-8-20(24)12-15-28(29)32-27;1-14(2)11-16-12-17(15-9-7-6-8-10-15)19-13-18(16)20(3,4)5;/h3-12,14-19H,1-2H3;6-9,12-14H,11H2,1-5H3;/q2*-1;/i;11D2;. The third kappa shape index (κ3) is 8.13. The largest absolute Gasteiger partial charge is 0.500 e. The number of rotatable bonds is 7. The van der Waals surface area contributed by atoms with E-state index in [0.29, 0.717) is 0 Å². The molecule has 0 bridgehead atoms. The zero-order valence-corrected chi connectivity index (χ0v) is 34.8. The maximum atomic E-state index is 8.55. The van der Waals surface area contributed by atoms with Crippen LogP contribution in [0.5, 0.6) is 0 Å². The average Bonchev–Trinajstić information content (AvgIpc) is 3.57. The minimum absolute atomic E-state index is 0. The van der Waals surface area contributed by atoms with Gasteiger partial charge in [0.15, 0.2) is 0 Å². The first-order valence-corrected chi connectivity index (χ1v) is 21.5. The third-order valence-electron chi connectivity index (χ3n) is 9.69. The van der Waals surface area contributed by atoms with Crippen molar-refractivity contribution in [3.8, 4) is 22.5 Å². The summed E-state index contributed by atoms with van der Waals surface area (Å²) in [5.41, 5.74) is 8.52. The summed E-state index contributed by atoms with van der Waals surface area (Å²) >= 11 is 0. The number of pyridine rings is 2. The number of furan rings is 1. The Hall–Kier alpha value is -4.67. The Bertz CT molecular complexity index is 2580. The Morgan fingerprint density at radius 1 is 0.736 bits per heavy atom. The van der Waals surface area contributed by atoms with Gasteiger partial charge in [0.25, 0.3) is 0 Å². The van der Waals surface area contributed by atoms with E-state index in [9.17, 15) is 0 Å². The molecule has 0 N–H and O–H groups in total. The molecular formula is C48H46IrN2OSi-2. The van der Waals surface area contributed by atoms with Gasteiger partial charge in [-0.1, -0.05) is 131 Å². The molecule has 5 aromatic carbocycles. The van der Waals surface area contributed by atoms with Crippen molar-refractivity contribution in [2.24, 2.45) is 5.92 Å². The molecule has 3 nitrogen and oxygen atoms in total. The van der Waals surface area contributed by atoms with Gasteiger partial charge in [-0.3, -0.25) is 0 Å². The van der Waals surface area contributed by atoms with Crippen LogP contribution in [-0.4, -0.2) is 18.0 Å². The number of hydrogen-bond donors (Lipinski definition) is 0. The summed E-state index contributed by atoms with van der Waals surface area (Å²) in [6.07, 6.45) is 2.43. The molecule has 8 aromatic rings. The number of benzene rings is 5. The van der Waals surface area contributed by atoms with Crippen LogP contribution in [0.15, 0.2) is 138 Å². The Labute approximate surface area is 331 Å². The summed E-state index contributed by atoms with van der Waals surface area (Å²) in [5, 5.41) is 5.76. The van der Waals surface area contributed by atoms with Gasteiger partial charge in [0.05, 0.1) is 13.7 Å². The first kappa shape index (κ1) is 35.4. The minimum atomic E-state index is -1.67. The molecule has 3 aromatic heterocycles. The quantitative estimate of drug-likeness (QED) is 0.118. The predicted molar refractivity (Wildman–Crippen MR) is 222 cm³/mol. The van der Waals surface area contributed by atoms with Crippen molar-refractivity contribution < 1.29 is 27.3 Å². The number of fused-ring (bicyclic) bond motifs is 5. The summed E-state index contributed by atoms with van der Waals surface area (Å²) in [6.45, 7) is 15.1. The molecule has 0 unspecified atom stereocenters. The molecule has 0 atom stereocenters. The molecule has 0 spiro atoms. The average molecular weight is 889 g/mol. The Balaban J connectivity index is 0.000000198. The number of aromatic nitrogens is 2. The summed E-state index contributed by atoms with van der Waals surface area (Å²) in [6, 6.07) is 47.8. The Morgan fingerprint density at radius 2 is 1.47 bits per heavy atom. The Morgan fingerprint density at radius 3 is 2.21 bits per heavy atom. The molecular weight excluding hydrogens is 841 g/mol. The van der Waals surface area contributed by atoms with E-state index in [-0.39, 0.29) is 31.4 Å². The number of nitrogens with zero attached hydrogens (tertiary/aromatic N) is 2. The normalized spacial score (nSPS) is 12.6. The first-order chi connectivity index (χ1) is 25.7. The Kier molecular flexibility index (Phi) is 10.5. The summed E-state index contributed by atoms with van der Waals surface area (Å²) < 4.78 is 23.2. The molecule has 0 saturated heterocycles. The van der Waals surface area contributed by atoms with Crippen LogP contribution in [0, 0.1) is 18.1 Å². The van der Waals surface area contributed by atoms with Gasteiger partial charge >= 0.3 is 0 Å². The molecule has 3 heterocycles. The zero-order chi connectivity index (χ0) is 38.3. The predicted octanol–water partition coefficient (Wildman–Crippen LogP) is 12.2. The summed E-state index contributed by atoms with van der Waals surface area (Å²) in [4.78, 5) is 9.27. The molecule has 8 rings (SSSR count). The van der Waals surface area contributed by atoms with Gasteiger partial charge < -0.3 is 14.4 Å². The molecule has 269 valence electrons. The van der Waals surface area contributed by atoms with Gasteiger partial charge in [-0.2, -0.15) is 0 Å². The molecule has 0 saturated carbocycles. The van der Waals surface area contributed by atoms with Crippen LogP contribution in [0.1, 0.15) is 47.1 Å². The van der Waals surface area contributed by atoms with E-state index in [1.54, 1.807) is 0 Å². The SMILES string of the molecule is CC(C)(c1ccccc1)c1ccnc(-c2[c-]cc3oc4ccc5ccccc5c4c3c2)c1.[2H]C([2H])(c1cc(-c2[c-]cccc2)ncc1[Si](C)(C)C)C(C)C.[Ir]. The van der Waals surface area contributed by atoms with Crippen LogP contribution in [0.25, 0.3) is 55.2 Å². The van der Waals surface area contributed by atoms with Crippen LogP contribution in [0.3, 0.4) is 0 Å². The fraction of sp³-hybridized carbons (Fsp3) is 0.208. The molecule has 0 aliphatic rings. The summed E-state index contributed by atoms with van der Waals surface area (Å²) in [5.74, 6) is -0.0856. The van der Waals surface area contributed by atoms with Crippen LogP contribution in [0.2, 0.25) is 19.6 Å². The molecule has 53 heavy (non-hydrogen) atoms. The van der Waals surface area contributed by atoms with Gasteiger partial charge in [0, 0.05) is 46.0 Å². The topological polar surface area (TPSA) is 38.9 Å². The molecule has 1 radical (unpaired) electrons. The van der Waals surface area contributed by atoms with E-state index in [0.717, 1.165) is 55.2 Å². The smallest absolute Gasteiger partial charge is 0.121 e. The van der Waals surface area contributed by atoms with Crippen LogP contribution in [0.4, 0.5) is 0 Å². The van der Waals surface area contributed by atoms with E-state index >= 15 is 0 Å². The van der Waals surface area contributed by atoms with Crippen molar-refractivity contribution in [2.45, 2.75) is 59.1 Å². The van der Waals surface area contributed by atoms with E-state index < -0.39 is 14.4 Å². The summed E-state index contributed by atoms with van der Waals surface area (Å²) in [7, 11) is -1.67. The maximum Gasteiger partial charge on any atom is 0.121 e. The second kappa shape index (κ2) is 15.7. The minimum Gasteiger partial charge on any atom is -0.500 e. The van der Waals surface area contributed by atoms with Gasteiger partial charge in [-0.15, -0.1) is 59.7 Å². The van der Waals surface area contributed by atoms with Crippen molar-refractivity contribution in [2.75, 3.05) is 0 Å². The van der Waals surface area contributed by atoms with Crippen molar-refractivity contribution in [3.63, 3.8) is 0 Å². The third-order valence-corrected chi connectivity index (χ3v) is 11.7. The van der Waals surface area contributed by atoms with Crippen molar-refractivity contribution in [1.29, 1.82) is 0 Å². The molecule has 0 aliphatic carbocycles. The molecule has 0 amide bonds. The van der Waals surface area contributed by atoms with Gasteiger partial charge in [-0.05, 0) is 62.9 Å². The van der Waals surface area contributed by atoms with E-state index in [4.69, 9.17) is 7.16 Å². The first-order valence-electron chi connectivity index (χ1n) is 19.0. The van der Waals surface area contributed by atoms with Crippen LogP contribution in [-0.2, 0) is 31.9 Å².